The van der Waals surface area contributed by atoms with Gasteiger partial charge in [-0.05, 0) is 41.1 Å². The number of ether oxygens (including phenoxy) is 1. The van der Waals surface area contributed by atoms with Gasteiger partial charge in [-0.2, -0.15) is 0 Å². The standard InChI is InChI=1S/C17H25IO2/c1-2-3-4-5-6-7-8-9-14-17(19)20-16-13-11-10-12-15(16)18/h10-13H,2-9,14H2,1H3. The first-order valence-corrected chi connectivity index (χ1v) is 8.77. The molecule has 0 amide bonds. The monoisotopic (exact) mass is 388 g/mol. The molecular formula is C17H25IO2. The molecule has 0 bridgehead atoms. The number of carbonyl (C=O) groups is 1. The van der Waals surface area contributed by atoms with Crippen molar-refractivity contribution in [2.45, 2.75) is 64.7 Å². The van der Waals surface area contributed by atoms with E-state index in [0.29, 0.717) is 12.2 Å². The van der Waals surface area contributed by atoms with E-state index < -0.39 is 0 Å². The van der Waals surface area contributed by atoms with E-state index in [1.54, 1.807) is 0 Å². The maximum absolute atomic E-state index is 11.7. The summed E-state index contributed by atoms with van der Waals surface area (Å²) >= 11 is 2.18. The molecule has 0 aliphatic carbocycles. The third kappa shape index (κ3) is 7.88. The summed E-state index contributed by atoms with van der Waals surface area (Å²) < 4.78 is 6.34. The first kappa shape index (κ1) is 17.5. The van der Waals surface area contributed by atoms with Crippen molar-refractivity contribution in [2.24, 2.45) is 0 Å². The van der Waals surface area contributed by atoms with Gasteiger partial charge in [-0.3, -0.25) is 4.79 Å². The minimum Gasteiger partial charge on any atom is -0.425 e. The van der Waals surface area contributed by atoms with Gasteiger partial charge in [0.15, 0.2) is 0 Å². The van der Waals surface area contributed by atoms with Crippen molar-refractivity contribution in [3.05, 3.63) is 27.8 Å². The molecule has 1 aromatic rings. The summed E-state index contributed by atoms with van der Waals surface area (Å²) in [4.78, 5) is 11.7. The van der Waals surface area contributed by atoms with Crippen molar-refractivity contribution >= 4 is 28.6 Å². The highest BCUT2D eigenvalue weighted by atomic mass is 127. The molecule has 0 unspecified atom stereocenters. The van der Waals surface area contributed by atoms with Crippen LogP contribution in [0.5, 0.6) is 5.75 Å². The highest BCUT2D eigenvalue weighted by molar-refractivity contribution is 14.1. The van der Waals surface area contributed by atoms with Gasteiger partial charge in [0.1, 0.15) is 5.75 Å². The lowest BCUT2D eigenvalue weighted by molar-refractivity contribution is -0.134. The normalized spacial score (nSPS) is 10.5. The number of hydrogen-bond donors (Lipinski definition) is 0. The molecule has 3 heteroatoms. The van der Waals surface area contributed by atoms with Crippen LogP contribution in [0.25, 0.3) is 0 Å². The van der Waals surface area contributed by atoms with Crippen LogP contribution in [0.4, 0.5) is 0 Å². The number of hydrogen-bond acceptors (Lipinski definition) is 2. The van der Waals surface area contributed by atoms with E-state index in [2.05, 4.69) is 29.5 Å². The van der Waals surface area contributed by atoms with Crippen LogP contribution in [-0.4, -0.2) is 5.97 Å². The number of esters is 1. The topological polar surface area (TPSA) is 26.3 Å². The highest BCUT2D eigenvalue weighted by Gasteiger charge is 2.06. The summed E-state index contributed by atoms with van der Waals surface area (Å²) in [6.07, 6.45) is 10.5. The van der Waals surface area contributed by atoms with E-state index in [9.17, 15) is 4.79 Å². The van der Waals surface area contributed by atoms with Crippen molar-refractivity contribution in [1.82, 2.24) is 0 Å². The van der Waals surface area contributed by atoms with Crippen LogP contribution < -0.4 is 4.74 Å². The van der Waals surface area contributed by atoms with Gasteiger partial charge < -0.3 is 4.74 Å². The van der Waals surface area contributed by atoms with Crippen molar-refractivity contribution in [2.75, 3.05) is 0 Å². The third-order valence-electron chi connectivity index (χ3n) is 3.29. The van der Waals surface area contributed by atoms with Gasteiger partial charge in [-0.1, -0.05) is 64.0 Å². The Kier molecular flexibility index (Phi) is 9.71. The molecule has 112 valence electrons. The fraction of sp³-hybridized carbons (Fsp3) is 0.588. The second kappa shape index (κ2) is 11.1. The molecule has 0 saturated heterocycles. The summed E-state index contributed by atoms with van der Waals surface area (Å²) in [6.45, 7) is 2.24. The Bertz CT molecular complexity index is 390. The van der Waals surface area contributed by atoms with Crippen molar-refractivity contribution in [1.29, 1.82) is 0 Å². The summed E-state index contributed by atoms with van der Waals surface area (Å²) in [5, 5.41) is 0. The molecule has 0 heterocycles. The van der Waals surface area contributed by atoms with E-state index >= 15 is 0 Å². The largest absolute Gasteiger partial charge is 0.425 e. The third-order valence-corrected chi connectivity index (χ3v) is 4.19. The number of unbranched alkanes of at least 4 members (excludes halogenated alkanes) is 7. The molecule has 20 heavy (non-hydrogen) atoms. The van der Waals surface area contributed by atoms with Crippen LogP contribution in [0.2, 0.25) is 0 Å². The molecule has 1 rings (SSSR count). The van der Waals surface area contributed by atoms with Crippen LogP contribution in [0.15, 0.2) is 24.3 Å². The predicted octanol–water partition coefficient (Wildman–Crippen LogP) is 5.73. The van der Waals surface area contributed by atoms with Gasteiger partial charge in [0, 0.05) is 6.42 Å². The molecular weight excluding hydrogens is 363 g/mol. The Morgan fingerprint density at radius 3 is 2.25 bits per heavy atom. The molecule has 0 saturated carbocycles. The fourth-order valence-corrected chi connectivity index (χ4v) is 2.60. The molecule has 0 aliphatic heterocycles. The van der Waals surface area contributed by atoms with E-state index in [1.165, 1.54) is 38.5 Å². The quantitative estimate of drug-likeness (QED) is 0.222. The number of halogens is 1. The second-order valence-corrected chi connectivity index (χ2v) is 6.29. The molecule has 0 N–H and O–H groups in total. The van der Waals surface area contributed by atoms with Gasteiger partial charge in [0.2, 0.25) is 0 Å². The number of rotatable bonds is 10. The lowest BCUT2D eigenvalue weighted by Crippen LogP contribution is -2.08. The summed E-state index contributed by atoms with van der Waals surface area (Å²) in [6, 6.07) is 7.62. The van der Waals surface area contributed by atoms with Gasteiger partial charge in [0.25, 0.3) is 0 Å². The predicted molar refractivity (Wildman–Crippen MR) is 92.0 cm³/mol. The molecule has 2 nitrogen and oxygen atoms in total. The van der Waals surface area contributed by atoms with Crippen LogP contribution in [-0.2, 0) is 4.79 Å². The average Bonchev–Trinajstić information content (AvgIpc) is 2.44. The Morgan fingerprint density at radius 1 is 1.00 bits per heavy atom. The van der Waals surface area contributed by atoms with Gasteiger partial charge >= 0.3 is 5.97 Å². The zero-order valence-electron chi connectivity index (χ0n) is 12.4. The van der Waals surface area contributed by atoms with Gasteiger partial charge in [-0.25, -0.2) is 0 Å². The molecule has 0 fully saturated rings. The van der Waals surface area contributed by atoms with Gasteiger partial charge in [0.05, 0.1) is 3.57 Å². The summed E-state index contributed by atoms with van der Waals surface area (Å²) in [5.74, 6) is 0.567. The smallest absolute Gasteiger partial charge is 0.311 e. The minimum atomic E-state index is -0.111. The number of benzene rings is 1. The van der Waals surface area contributed by atoms with Crippen LogP contribution in [0.1, 0.15) is 64.7 Å². The van der Waals surface area contributed by atoms with E-state index in [1.807, 2.05) is 24.3 Å². The van der Waals surface area contributed by atoms with Crippen molar-refractivity contribution < 1.29 is 9.53 Å². The van der Waals surface area contributed by atoms with E-state index in [-0.39, 0.29) is 5.97 Å². The fourth-order valence-electron chi connectivity index (χ4n) is 2.10. The van der Waals surface area contributed by atoms with E-state index in [4.69, 9.17) is 4.74 Å². The Balaban J connectivity index is 2.05. The second-order valence-electron chi connectivity index (χ2n) is 5.13. The van der Waals surface area contributed by atoms with Crippen LogP contribution >= 0.6 is 22.6 Å². The minimum absolute atomic E-state index is 0.111. The van der Waals surface area contributed by atoms with E-state index in [0.717, 1.165) is 16.4 Å². The lowest BCUT2D eigenvalue weighted by Gasteiger charge is -2.06. The molecule has 1 aromatic carbocycles. The van der Waals surface area contributed by atoms with Crippen molar-refractivity contribution in [3.8, 4) is 5.75 Å². The first-order valence-electron chi connectivity index (χ1n) is 7.69. The summed E-state index contributed by atoms with van der Waals surface area (Å²) in [7, 11) is 0. The number of carbonyl (C=O) groups excluding carboxylic acids is 1. The Labute approximate surface area is 136 Å². The zero-order chi connectivity index (χ0) is 14.6. The summed E-state index contributed by atoms with van der Waals surface area (Å²) in [5.41, 5.74) is 0. The average molecular weight is 388 g/mol. The molecule has 0 radical (unpaired) electrons. The highest BCUT2D eigenvalue weighted by Crippen LogP contribution is 2.20. The van der Waals surface area contributed by atoms with Gasteiger partial charge in [-0.15, -0.1) is 0 Å². The zero-order valence-corrected chi connectivity index (χ0v) is 14.5. The molecule has 0 aliphatic rings. The first-order chi connectivity index (χ1) is 9.74. The molecule has 0 spiro atoms. The SMILES string of the molecule is CCCCCCCCCCC(=O)Oc1ccccc1I. The van der Waals surface area contributed by atoms with Crippen LogP contribution in [0, 0.1) is 3.57 Å². The molecule has 0 aromatic heterocycles. The lowest BCUT2D eigenvalue weighted by atomic mass is 10.1. The Hall–Kier alpha value is -0.580. The maximum Gasteiger partial charge on any atom is 0.311 e. The van der Waals surface area contributed by atoms with Crippen molar-refractivity contribution in [3.63, 3.8) is 0 Å². The maximum atomic E-state index is 11.7. The molecule has 0 atom stereocenters. The Morgan fingerprint density at radius 2 is 1.60 bits per heavy atom. The van der Waals surface area contributed by atoms with Crippen LogP contribution in [0.3, 0.4) is 0 Å². The number of para-hydroxylation sites is 1.